The van der Waals surface area contributed by atoms with Crippen LogP contribution in [0.15, 0.2) is 24.3 Å². The minimum atomic E-state index is -0.338. The Hall–Kier alpha value is -1.75. The number of amides is 2. The number of phenolic OH excluding ortho intramolecular Hbond substituents is 1. The molecule has 94 valence electrons. The number of carbonyl (C=O) groups excluding carboxylic acids is 1. The molecule has 1 aromatic rings. The number of unbranched alkanes of at least 4 members (excludes halogenated alkanes) is 2. The van der Waals surface area contributed by atoms with Crippen molar-refractivity contribution in [2.24, 2.45) is 0 Å². The van der Waals surface area contributed by atoms with Crippen LogP contribution < -0.4 is 10.6 Å². The van der Waals surface area contributed by atoms with E-state index in [9.17, 15) is 9.90 Å². The number of aliphatic hydroxyl groups excluding tert-OH is 1. The zero-order valence-corrected chi connectivity index (χ0v) is 9.65. The Morgan fingerprint density at radius 3 is 2.65 bits per heavy atom. The van der Waals surface area contributed by atoms with E-state index in [4.69, 9.17) is 5.11 Å². The van der Waals surface area contributed by atoms with Crippen molar-refractivity contribution in [1.82, 2.24) is 5.32 Å². The van der Waals surface area contributed by atoms with Gasteiger partial charge in [-0.15, -0.1) is 0 Å². The molecule has 0 fully saturated rings. The highest BCUT2D eigenvalue weighted by molar-refractivity contribution is 5.90. The number of para-hydroxylation sites is 2. The van der Waals surface area contributed by atoms with Gasteiger partial charge < -0.3 is 20.8 Å². The smallest absolute Gasteiger partial charge is 0.319 e. The number of hydrogen-bond acceptors (Lipinski definition) is 3. The molecule has 0 radical (unpaired) electrons. The molecule has 5 nitrogen and oxygen atoms in total. The number of benzene rings is 1. The van der Waals surface area contributed by atoms with Gasteiger partial charge in [0, 0.05) is 13.2 Å². The molecule has 0 aliphatic heterocycles. The molecule has 1 rings (SSSR count). The van der Waals surface area contributed by atoms with Crippen molar-refractivity contribution in [3.8, 4) is 5.75 Å². The Balaban J connectivity index is 2.23. The lowest BCUT2D eigenvalue weighted by Gasteiger charge is -2.08. The number of nitrogens with one attached hydrogen (secondary N) is 2. The molecule has 0 aliphatic carbocycles. The summed E-state index contributed by atoms with van der Waals surface area (Å²) in [6.07, 6.45) is 2.46. The fourth-order valence-corrected chi connectivity index (χ4v) is 1.36. The first-order valence-electron chi connectivity index (χ1n) is 5.67. The summed E-state index contributed by atoms with van der Waals surface area (Å²) in [5, 5.41) is 23.2. The lowest BCUT2D eigenvalue weighted by Crippen LogP contribution is -2.29. The third-order valence-corrected chi connectivity index (χ3v) is 2.27. The van der Waals surface area contributed by atoms with Crippen LogP contribution in [0.25, 0.3) is 0 Å². The highest BCUT2D eigenvalue weighted by Gasteiger charge is 2.03. The third kappa shape index (κ3) is 5.21. The molecule has 17 heavy (non-hydrogen) atoms. The SMILES string of the molecule is O=C(NCCCCCO)Nc1ccccc1O. The van der Waals surface area contributed by atoms with E-state index in [2.05, 4.69) is 10.6 Å². The monoisotopic (exact) mass is 238 g/mol. The molecule has 1 aromatic carbocycles. The lowest BCUT2D eigenvalue weighted by atomic mass is 10.2. The quantitative estimate of drug-likeness (QED) is 0.449. The third-order valence-electron chi connectivity index (χ3n) is 2.27. The molecule has 0 aromatic heterocycles. The maximum atomic E-state index is 11.4. The van der Waals surface area contributed by atoms with E-state index in [0.717, 1.165) is 19.3 Å². The Morgan fingerprint density at radius 2 is 1.94 bits per heavy atom. The van der Waals surface area contributed by atoms with Crippen LogP contribution >= 0.6 is 0 Å². The van der Waals surface area contributed by atoms with Crippen molar-refractivity contribution in [1.29, 1.82) is 0 Å². The van der Waals surface area contributed by atoms with Crippen LogP contribution in [0.2, 0.25) is 0 Å². The van der Waals surface area contributed by atoms with Gasteiger partial charge in [-0.05, 0) is 31.4 Å². The minimum Gasteiger partial charge on any atom is -0.506 e. The molecule has 0 saturated heterocycles. The van der Waals surface area contributed by atoms with Gasteiger partial charge in [0.25, 0.3) is 0 Å². The molecular formula is C12H18N2O3. The minimum absolute atomic E-state index is 0.0444. The highest BCUT2D eigenvalue weighted by Crippen LogP contribution is 2.20. The summed E-state index contributed by atoms with van der Waals surface area (Å²) in [7, 11) is 0. The molecule has 0 spiro atoms. The maximum absolute atomic E-state index is 11.4. The number of aliphatic hydroxyl groups is 1. The lowest BCUT2D eigenvalue weighted by molar-refractivity contribution is 0.251. The van der Waals surface area contributed by atoms with E-state index in [1.165, 1.54) is 6.07 Å². The maximum Gasteiger partial charge on any atom is 0.319 e. The predicted molar refractivity (Wildman–Crippen MR) is 66.1 cm³/mol. The zero-order valence-electron chi connectivity index (χ0n) is 9.65. The Bertz CT molecular complexity index is 355. The topological polar surface area (TPSA) is 81.6 Å². The molecule has 0 bridgehead atoms. The fraction of sp³-hybridized carbons (Fsp3) is 0.417. The second kappa shape index (κ2) is 7.51. The first-order chi connectivity index (χ1) is 8.24. The average molecular weight is 238 g/mol. The number of rotatable bonds is 6. The van der Waals surface area contributed by atoms with Gasteiger partial charge in [0.2, 0.25) is 0 Å². The van der Waals surface area contributed by atoms with Crippen molar-refractivity contribution >= 4 is 11.7 Å². The number of hydrogen-bond donors (Lipinski definition) is 4. The number of phenols is 1. The van der Waals surface area contributed by atoms with E-state index < -0.39 is 0 Å². The van der Waals surface area contributed by atoms with Gasteiger partial charge in [-0.3, -0.25) is 0 Å². The van der Waals surface area contributed by atoms with Gasteiger partial charge in [0.1, 0.15) is 5.75 Å². The summed E-state index contributed by atoms with van der Waals surface area (Å²) in [5.74, 6) is 0.0444. The van der Waals surface area contributed by atoms with Gasteiger partial charge in [-0.2, -0.15) is 0 Å². The molecule has 5 heteroatoms. The molecule has 0 heterocycles. The van der Waals surface area contributed by atoms with Crippen molar-refractivity contribution < 1.29 is 15.0 Å². The number of carbonyl (C=O) groups is 1. The highest BCUT2D eigenvalue weighted by atomic mass is 16.3. The first-order valence-corrected chi connectivity index (χ1v) is 5.67. The Morgan fingerprint density at radius 1 is 1.18 bits per heavy atom. The molecule has 0 aliphatic rings. The number of urea groups is 1. The number of aromatic hydroxyl groups is 1. The summed E-state index contributed by atoms with van der Waals surface area (Å²) < 4.78 is 0. The van der Waals surface area contributed by atoms with Gasteiger partial charge in [-0.1, -0.05) is 12.1 Å². The Labute approximate surface area is 100 Å². The van der Waals surface area contributed by atoms with E-state index in [1.807, 2.05) is 0 Å². The van der Waals surface area contributed by atoms with Crippen LogP contribution in [-0.4, -0.2) is 29.4 Å². The van der Waals surface area contributed by atoms with Crippen LogP contribution in [0.5, 0.6) is 5.75 Å². The van der Waals surface area contributed by atoms with Crippen molar-refractivity contribution in [2.75, 3.05) is 18.5 Å². The molecular weight excluding hydrogens is 220 g/mol. The summed E-state index contributed by atoms with van der Waals surface area (Å²) in [4.78, 5) is 11.4. The first kappa shape index (κ1) is 13.3. The zero-order chi connectivity index (χ0) is 12.5. The van der Waals surface area contributed by atoms with E-state index >= 15 is 0 Å². The van der Waals surface area contributed by atoms with E-state index in [-0.39, 0.29) is 18.4 Å². The predicted octanol–water partition coefficient (Wildman–Crippen LogP) is 1.68. The Kier molecular flexibility index (Phi) is 5.88. The second-order valence-electron chi connectivity index (χ2n) is 3.68. The van der Waals surface area contributed by atoms with Gasteiger partial charge in [-0.25, -0.2) is 4.79 Å². The molecule has 4 N–H and O–H groups in total. The summed E-state index contributed by atoms with van der Waals surface area (Å²) in [6.45, 7) is 0.740. The van der Waals surface area contributed by atoms with Gasteiger partial charge in [0.15, 0.2) is 0 Å². The fourth-order valence-electron chi connectivity index (χ4n) is 1.36. The van der Waals surface area contributed by atoms with Crippen LogP contribution in [0, 0.1) is 0 Å². The van der Waals surface area contributed by atoms with Crippen molar-refractivity contribution in [2.45, 2.75) is 19.3 Å². The summed E-state index contributed by atoms with van der Waals surface area (Å²) >= 11 is 0. The van der Waals surface area contributed by atoms with Crippen LogP contribution in [-0.2, 0) is 0 Å². The van der Waals surface area contributed by atoms with Crippen molar-refractivity contribution in [3.05, 3.63) is 24.3 Å². The molecule has 0 atom stereocenters. The standard InChI is InChI=1S/C12H18N2O3/c15-9-5-1-4-8-13-12(17)14-10-6-2-3-7-11(10)16/h2-3,6-7,15-16H,1,4-5,8-9H2,(H2,13,14,17). The van der Waals surface area contributed by atoms with Crippen LogP contribution in [0.3, 0.4) is 0 Å². The van der Waals surface area contributed by atoms with Gasteiger partial charge >= 0.3 is 6.03 Å². The molecule has 0 unspecified atom stereocenters. The van der Waals surface area contributed by atoms with E-state index in [1.54, 1.807) is 18.2 Å². The second-order valence-corrected chi connectivity index (χ2v) is 3.68. The van der Waals surface area contributed by atoms with Crippen LogP contribution in [0.1, 0.15) is 19.3 Å². The molecule has 2 amide bonds. The summed E-state index contributed by atoms with van der Waals surface area (Å²) in [6, 6.07) is 6.22. The van der Waals surface area contributed by atoms with Gasteiger partial charge in [0.05, 0.1) is 5.69 Å². The average Bonchev–Trinajstić information content (AvgIpc) is 2.32. The van der Waals surface area contributed by atoms with E-state index in [0.29, 0.717) is 12.2 Å². The largest absolute Gasteiger partial charge is 0.506 e. The summed E-state index contributed by atoms with van der Waals surface area (Å²) in [5.41, 5.74) is 0.389. The van der Waals surface area contributed by atoms with Crippen LogP contribution in [0.4, 0.5) is 10.5 Å². The molecule has 0 saturated carbocycles. The normalized spacial score (nSPS) is 9.94. The van der Waals surface area contributed by atoms with Crippen molar-refractivity contribution in [3.63, 3.8) is 0 Å². The number of anilines is 1.